The molecule has 0 heterocycles. The quantitative estimate of drug-likeness (QED) is 0.249. The third kappa shape index (κ3) is 7.14. The molecule has 4 heteroatoms. The van der Waals surface area contributed by atoms with Gasteiger partial charge in [-0.3, -0.25) is 9.59 Å². The fourth-order valence-corrected chi connectivity index (χ4v) is 5.19. The lowest BCUT2D eigenvalue weighted by Gasteiger charge is -2.24. The number of carbonyl (C=O) groups is 2. The predicted octanol–water partition coefficient (Wildman–Crippen LogP) is 6.96. The van der Waals surface area contributed by atoms with Gasteiger partial charge in [-0.15, -0.1) is 0 Å². The number of Topliss-reactive ketones (excluding diaryl/α,β-unsaturated/α-hetero) is 1. The second kappa shape index (κ2) is 13.2. The van der Waals surface area contributed by atoms with Crippen molar-refractivity contribution < 1.29 is 19.8 Å². The van der Waals surface area contributed by atoms with Gasteiger partial charge in [-0.05, 0) is 54.2 Å². The molecule has 0 radical (unpaired) electrons. The highest BCUT2D eigenvalue weighted by molar-refractivity contribution is 5.89. The van der Waals surface area contributed by atoms with Gasteiger partial charge < -0.3 is 10.2 Å². The molecule has 2 aromatic rings. The molecule has 3 rings (SSSR count). The van der Waals surface area contributed by atoms with Crippen molar-refractivity contribution in [1.82, 2.24) is 0 Å². The van der Waals surface area contributed by atoms with Gasteiger partial charge in [-0.1, -0.05) is 92.9 Å². The molecule has 0 amide bonds. The second-order valence-electron chi connectivity index (χ2n) is 9.50. The highest BCUT2D eigenvalue weighted by Crippen LogP contribution is 2.48. The van der Waals surface area contributed by atoms with Crippen LogP contribution >= 0.6 is 0 Å². The van der Waals surface area contributed by atoms with Crippen LogP contribution in [0.5, 0.6) is 0 Å². The number of hydrogen-bond donors (Lipinski definition) is 2. The van der Waals surface area contributed by atoms with E-state index in [4.69, 9.17) is 5.11 Å². The lowest BCUT2D eigenvalue weighted by Crippen LogP contribution is -2.15. The summed E-state index contributed by atoms with van der Waals surface area (Å²) in [5, 5.41) is 19.3. The minimum Gasteiger partial charge on any atom is -0.481 e. The summed E-state index contributed by atoms with van der Waals surface area (Å²) in [4.78, 5) is 23.9. The van der Waals surface area contributed by atoms with Crippen LogP contribution in [0.4, 0.5) is 0 Å². The second-order valence-corrected chi connectivity index (χ2v) is 9.50. The van der Waals surface area contributed by atoms with E-state index in [-0.39, 0.29) is 30.0 Å². The molecule has 0 spiro atoms. The van der Waals surface area contributed by atoms with Crippen molar-refractivity contribution in [2.24, 2.45) is 5.92 Å². The van der Waals surface area contributed by atoms with Crippen LogP contribution in [-0.4, -0.2) is 22.0 Å². The molecule has 2 N–H and O–H groups in total. The third-order valence-corrected chi connectivity index (χ3v) is 7.04. The number of aliphatic hydroxyl groups is 1. The Balaban J connectivity index is 1.75. The molecule has 0 aliphatic heterocycles. The number of carboxylic acid groups (broad SMARTS) is 1. The topological polar surface area (TPSA) is 74.6 Å². The molecule has 0 aromatic heterocycles. The van der Waals surface area contributed by atoms with Gasteiger partial charge in [0.15, 0.2) is 0 Å². The number of benzene rings is 2. The number of hydrogen-bond acceptors (Lipinski definition) is 3. The van der Waals surface area contributed by atoms with Crippen molar-refractivity contribution in [3.05, 3.63) is 83.4 Å². The van der Waals surface area contributed by atoms with E-state index >= 15 is 0 Å². The lowest BCUT2D eigenvalue weighted by atomic mass is 9.79. The van der Waals surface area contributed by atoms with Crippen LogP contribution in [0.1, 0.15) is 99.3 Å². The Labute approximate surface area is 203 Å². The van der Waals surface area contributed by atoms with E-state index in [0.717, 1.165) is 55.2 Å². The Bertz CT molecular complexity index is 932. The number of allylic oxidation sites excluding steroid dienone is 2. The van der Waals surface area contributed by atoms with Crippen molar-refractivity contribution in [2.45, 2.75) is 82.7 Å². The van der Waals surface area contributed by atoms with E-state index in [1.807, 2.05) is 42.5 Å². The normalized spacial score (nSPS) is 21.2. The van der Waals surface area contributed by atoms with Crippen LogP contribution in [0.25, 0.3) is 0 Å². The molecule has 4 nitrogen and oxygen atoms in total. The van der Waals surface area contributed by atoms with E-state index in [2.05, 4.69) is 31.2 Å². The average Bonchev–Trinajstić information content (AvgIpc) is 3.17. The monoisotopic (exact) mass is 462 g/mol. The molecular formula is C30H38O4. The van der Waals surface area contributed by atoms with E-state index in [9.17, 15) is 14.7 Å². The van der Waals surface area contributed by atoms with E-state index in [0.29, 0.717) is 12.8 Å². The Kier molecular flexibility index (Phi) is 10.1. The highest BCUT2D eigenvalue weighted by atomic mass is 16.4. The first-order valence-electron chi connectivity index (χ1n) is 12.7. The van der Waals surface area contributed by atoms with Gasteiger partial charge in [0.25, 0.3) is 0 Å². The Morgan fingerprint density at radius 3 is 2.41 bits per heavy atom. The fourth-order valence-electron chi connectivity index (χ4n) is 5.19. The smallest absolute Gasteiger partial charge is 0.303 e. The fraction of sp³-hybridized carbons (Fsp3) is 0.467. The zero-order chi connectivity index (χ0) is 24.3. The first-order valence-corrected chi connectivity index (χ1v) is 12.7. The number of carboxylic acids is 1. The van der Waals surface area contributed by atoms with Crippen molar-refractivity contribution in [3.8, 4) is 0 Å². The van der Waals surface area contributed by atoms with Crippen molar-refractivity contribution in [1.29, 1.82) is 0 Å². The largest absolute Gasteiger partial charge is 0.481 e. The summed E-state index contributed by atoms with van der Waals surface area (Å²) in [6, 6.07) is 18.3. The van der Waals surface area contributed by atoms with E-state index in [1.165, 1.54) is 0 Å². The van der Waals surface area contributed by atoms with Crippen molar-refractivity contribution in [2.75, 3.05) is 0 Å². The summed E-state index contributed by atoms with van der Waals surface area (Å²) in [7, 11) is 0. The van der Waals surface area contributed by atoms with Gasteiger partial charge in [-0.2, -0.15) is 0 Å². The van der Waals surface area contributed by atoms with E-state index < -0.39 is 12.1 Å². The van der Waals surface area contributed by atoms with Crippen molar-refractivity contribution >= 4 is 11.8 Å². The van der Waals surface area contributed by atoms with Crippen molar-refractivity contribution in [3.63, 3.8) is 0 Å². The number of rotatable bonds is 13. The maximum atomic E-state index is 13.2. The molecular weight excluding hydrogens is 424 g/mol. The number of unbranched alkanes of at least 4 members (excludes halogenated alkanes) is 3. The zero-order valence-electron chi connectivity index (χ0n) is 20.2. The molecule has 182 valence electrons. The molecule has 0 saturated heterocycles. The summed E-state index contributed by atoms with van der Waals surface area (Å²) in [5.41, 5.74) is 3.17. The molecule has 4 atom stereocenters. The minimum absolute atomic E-state index is 0.130. The summed E-state index contributed by atoms with van der Waals surface area (Å²) in [5.74, 6) is -0.324. The Morgan fingerprint density at radius 1 is 1.00 bits per heavy atom. The maximum Gasteiger partial charge on any atom is 0.303 e. The lowest BCUT2D eigenvalue weighted by molar-refractivity contribution is -0.137. The van der Waals surface area contributed by atoms with Crippen LogP contribution in [0.3, 0.4) is 0 Å². The summed E-state index contributed by atoms with van der Waals surface area (Å²) in [6.45, 7) is 2.16. The SMILES string of the molecule is CCCCCC(O)c1ccc([C@H]2CC(=O)C(c3ccccc3)[C@H]2C/C=C\CCCC(=O)O)cc1. The standard InChI is InChI=1S/C30H38O4/c1-2-3-7-15-27(31)23-19-17-22(18-20-23)26-21-28(32)30(24-12-8-6-9-13-24)25(26)14-10-4-5-11-16-29(33)34/h4,6,8-10,12-13,17-20,25-27,30-31H,2-3,5,7,11,14-16,21H2,1H3,(H,33,34)/b10-4-/t25-,26+,27?,30?/m0/s1. The molecule has 1 aliphatic carbocycles. The predicted molar refractivity (Wildman–Crippen MR) is 136 cm³/mol. The van der Waals surface area contributed by atoms with Gasteiger partial charge in [0.1, 0.15) is 5.78 Å². The van der Waals surface area contributed by atoms with E-state index in [1.54, 1.807) is 0 Å². The molecule has 1 aliphatic rings. The number of aliphatic hydroxyl groups excluding tert-OH is 1. The maximum absolute atomic E-state index is 13.2. The summed E-state index contributed by atoms with van der Waals surface area (Å²) >= 11 is 0. The molecule has 2 aromatic carbocycles. The van der Waals surface area contributed by atoms with Crippen LogP contribution in [-0.2, 0) is 9.59 Å². The number of carbonyl (C=O) groups excluding carboxylic acids is 1. The first kappa shape index (κ1) is 25.9. The van der Waals surface area contributed by atoms with Gasteiger partial charge in [0, 0.05) is 18.8 Å². The summed E-state index contributed by atoms with van der Waals surface area (Å²) in [6.07, 6.45) is 10.7. The Hall–Kier alpha value is -2.72. The number of ketones is 1. The highest BCUT2D eigenvalue weighted by Gasteiger charge is 2.42. The van der Waals surface area contributed by atoms with Crippen LogP contribution < -0.4 is 0 Å². The van der Waals surface area contributed by atoms with Gasteiger partial charge in [-0.25, -0.2) is 0 Å². The third-order valence-electron chi connectivity index (χ3n) is 7.04. The van der Waals surface area contributed by atoms with Crippen LogP contribution in [0, 0.1) is 5.92 Å². The van der Waals surface area contributed by atoms with Gasteiger partial charge in [0.05, 0.1) is 6.10 Å². The number of aliphatic carboxylic acids is 1. The molecule has 2 unspecified atom stereocenters. The van der Waals surface area contributed by atoms with Gasteiger partial charge >= 0.3 is 5.97 Å². The Morgan fingerprint density at radius 2 is 1.74 bits per heavy atom. The summed E-state index contributed by atoms with van der Waals surface area (Å²) < 4.78 is 0. The molecule has 0 bridgehead atoms. The average molecular weight is 463 g/mol. The molecule has 1 fully saturated rings. The molecule has 1 saturated carbocycles. The minimum atomic E-state index is -0.766. The van der Waals surface area contributed by atoms with Crippen LogP contribution in [0.2, 0.25) is 0 Å². The first-order chi connectivity index (χ1) is 16.5. The van der Waals surface area contributed by atoms with Crippen LogP contribution in [0.15, 0.2) is 66.7 Å². The zero-order valence-corrected chi connectivity index (χ0v) is 20.2. The molecule has 34 heavy (non-hydrogen) atoms. The van der Waals surface area contributed by atoms with Gasteiger partial charge in [0.2, 0.25) is 0 Å².